The normalized spacial score (nSPS) is 11.2. The van der Waals surface area contributed by atoms with Gasteiger partial charge in [0.2, 0.25) is 0 Å². The lowest BCUT2D eigenvalue weighted by molar-refractivity contribution is 0.415. The van der Waals surface area contributed by atoms with E-state index in [1.165, 1.54) is 5.56 Å². The van der Waals surface area contributed by atoms with Crippen LogP contribution >= 0.6 is 0 Å². The van der Waals surface area contributed by atoms with Crippen LogP contribution in [-0.4, -0.2) is 13.7 Å². The Balaban J connectivity index is 2.37. The van der Waals surface area contributed by atoms with Crippen molar-refractivity contribution in [1.82, 2.24) is 0 Å². The van der Waals surface area contributed by atoms with E-state index in [-0.39, 0.29) is 6.04 Å². The van der Waals surface area contributed by atoms with Gasteiger partial charge < -0.3 is 9.64 Å². The summed E-state index contributed by atoms with van der Waals surface area (Å²) in [5.74, 6) is 7.25. The van der Waals surface area contributed by atoms with Crippen molar-refractivity contribution in [2.75, 3.05) is 18.6 Å². The fourth-order valence-corrected chi connectivity index (χ4v) is 2.40. The molecule has 0 aromatic heterocycles. The molecule has 1 unspecified atom stereocenters. The lowest BCUT2D eigenvalue weighted by Gasteiger charge is -2.30. The average Bonchev–Trinajstić information content (AvgIpc) is 2.56. The molecule has 0 aliphatic heterocycles. The third-order valence-corrected chi connectivity index (χ3v) is 3.45. The topological polar surface area (TPSA) is 12.5 Å². The van der Waals surface area contributed by atoms with Gasteiger partial charge in [-0.25, -0.2) is 0 Å². The zero-order chi connectivity index (χ0) is 15.1. The van der Waals surface area contributed by atoms with Gasteiger partial charge in [0.25, 0.3) is 0 Å². The number of nitrogens with zero attached hydrogens (tertiary/aromatic N) is 1. The molecule has 2 aromatic rings. The van der Waals surface area contributed by atoms with Gasteiger partial charge in [-0.2, -0.15) is 0 Å². The van der Waals surface area contributed by atoms with Crippen LogP contribution < -0.4 is 9.64 Å². The molecular formula is C19H21NO. The maximum absolute atomic E-state index is 5.23. The highest BCUT2D eigenvalue weighted by Gasteiger charge is 2.17. The maximum atomic E-state index is 5.23. The third-order valence-electron chi connectivity index (χ3n) is 3.45. The summed E-state index contributed by atoms with van der Waals surface area (Å²) in [6, 6.07) is 18.6. The molecule has 0 aliphatic carbocycles. The molecule has 0 heterocycles. The second kappa shape index (κ2) is 7.40. The molecule has 2 aromatic carbocycles. The predicted molar refractivity (Wildman–Crippen MR) is 88.6 cm³/mol. The van der Waals surface area contributed by atoms with Crippen molar-refractivity contribution < 1.29 is 4.74 Å². The Morgan fingerprint density at radius 3 is 2.24 bits per heavy atom. The van der Waals surface area contributed by atoms with Crippen LogP contribution in [0.3, 0.4) is 0 Å². The van der Waals surface area contributed by atoms with Gasteiger partial charge in [-0.3, -0.25) is 0 Å². The summed E-state index contributed by atoms with van der Waals surface area (Å²) < 4.78 is 5.23. The number of anilines is 1. The van der Waals surface area contributed by atoms with Crippen LogP contribution in [0.25, 0.3) is 0 Å². The van der Waals surface area contributed by atoms with Crippen molar-refractivity contribution in [3.63, 3.8) is 0 Å². The Bertz CT molecular complexity index is 608. The largest absolute Gasteiger partial charge is 0.497 e. The SMILES string of the molecule is CC#CC(c1ccccc1)N(CC)c1ccc(OC)cc1. The summed E-state index contributed by atoms with van der Waals surface area (Å²) in [5, 5.41) is 0. The molecule has 2 heteroatoms. The Labute approximate surface area is 127 Å². The molecule has 21 heavy (non-hydrogen) atoms. The first-order valence-corrected chi connectivity index (χ1v) is 7.18. The van der Waals surface area contributed by atoms with Gasteiger partial charge in [0.15, 0.2) is 0 Å². The van der Waals surface area contributed by atoms with Crippen LogP contribution in [0.4, 0.5) is 5.69 Å². The summed E-state index contributed by atoms with van der Waals surface area (Å²) in [5.41, 5.74) is 2.36. The average molecular weight is 279 g/mol. The summed E-state index contributed by atoms with van der Waals surface area (Å²) in [6.45, 7) is 4.93. The zero-order valence-corrected chi connectivity index (χ0v) is 12.8. The number of hydrogen-bond donors (Lipinski definition) is 0. The first kappa shape index (κ1) is 15.0. The van der Waals surface area contributed by atoms with E-state index in [2.05, 4.69) is 60.1 Å². The van der Waals surface area contributed by atoms with Crippen LogP contribution in [0.15, 0.2) is 54.6 Å². The molecule has 108 valence electrons. The maximum Gasteiger partial charge on any atom is 0.119 e. The number of benzene rings is 2. The molecule has 0 saturated heterocycles. The van der Waals surface area contributed by atoms with E-state index in [0.717, 1.165) is 18.0 Å². The minimum atomic E-state index is 0.0644. The second-order valence-corrected chi connectivity index (χ2v) is 4.69. The fraction of sp³-hybridized carbons (Fsp3) is 0.263. The van der Waals surface area contributed by atoms with E-state index in [9.17, 15) is 0 Å². The van der Waals surface area contributed by atoms with Gasteiger partial charge in [-0.15, -0.1) is 5.92 Å². The number of hydrogen-bond acceptors (Lipinski definition) is 2. The standard InChI is InChI=1S/C19H21NO/c1-4-9-19(16-10-7-6-8-11-16)20(5-2)17-12-14-18(21-3)15-13-17/h6-8,10-15,19H,5H2,1-3H3. The van der Waals surface area contributed by atoms with Gasteiger partial charge in [0.1, 0.15) is 11.8 Å². The highest BCUT2D eigenvalue weighted by Crippen LogP contribution is 2.28. The van der Waals surface area contributed by atoms with E-state index < -0.39 is 0 Å². The van der Waals surface area contributed by atoms with Crippen LogP contribution in [0, 0.1) is 11.8 Å². The molecule has 2 nitrogen and oxygen atoms in total. The van der Waals surface area contributed by atoms with Crippen molar-refractivity contribution in [3.8, 4) is 17.6 Å². The summed E-state index contributed by atoms with van der Waals surface area (Å²) in [7, 11) is 1.68. The monoisotopic (exact) mass is 279 g/mol. The number of ether oxygens (including phenoxy) is 1. The molecule has 0 amide bonds. The molecule has 1 atom stereocenters. The van der Waals surface area contributed by atoms with E-state index in [4.69, 9.17) is 4.74 Å². The molecule has 0 spiro atoms. The first-order valence-electron chi connectivity index (χ1n) is 7.18. The molecule has 2 rings (SSSR count). The summed E-state index contributed by atoms with van der Waals surface area (Å²) in [6.07, 6.45) is 0. The fourth-order valence-electron chi connectivity index (χ4n) is 2.40. The molecular weight excluding hydrogens is 258 g/mol. The summed E-state index contributed by atoms with van der Waals surface area (Å²) >= 11 is 0. The number of methoxy groups -OCH3 is 1. The number of rotatable bonds is 5. The summed E-state index contributed by atoms with van der Waals surface area (Å²) in [4.78, 5) is 2.30. The van der Waals surface area contributed by atoms with E-state index in [1.807, 2.05) is 25.1 Å². The Morgan fingerprint density at radius 1 is 1.05 bits per heavy atom. The van der Waals surface area contributed by atoms with Crippen LogP contribution in [0.2, 0.25) is 0 Å². The van der Waals surface area contributed by atoms with E-state index in [1.54, 1.807) is 7.11 Å². The Morgan fingerprint density at radius 2 is 1.71 bits per heavy atom. The second-order valence-electron chi connectivity index (χ2n) is 4.69. The smallest absolute Gasteiger partial charge is 0.119 e. The molecule has 0 radical (unpaired) electrons. The zero-order valence-electron chi connectivity index (χ0n) is 12.8. The third kappa shape index (κ3) is 3.58. The predicted octanol–water partition coefficient (Wildman–Crippen LogP) is 4.29. The van der Waals surface area contributed by atoms with Gasteiger partial charge in [-0.05, 0) is 43.7 Å². The van der Waals surface area contributed by atoms with Crippen LogP contribution in [0.5, 0.6) is 5.75 Å². The lowest BCUT2D eigenvalue weighted by atomic mass is 10.0. The van der Waals surface area contributed by atoms with Crippen molar-refractivity contribution in [2.24, 2.45) is 0 Å². The van der Waals surface area contributed by atoms with E-state index in [0.29, 0.717) is 0 Å². The van der Waals surface area contributed by atoms with Gasteiger partial charge in [0, 0.05) is 12.2 Å². The first-order chi connectivity index (χ1) is 10.3. The van der Waals surface area contributed by atoms with Crippen molar-refractivity contribution in [1.29, 1.82) is 0 Å². The Hall–Kier alpha value is -2.40. The molecule has 0 bridgehead atoms. The Kier molecular flexibility index (Phi) is 5.29. The highest BCUT2D eigenvalue weighted by atomic mass is 16.5. The molecule has 0 fully saturated rings. The van der Waals surface area contributed by atoms with Crippen LogP contribution in [-0.2, 0) is 0 Å². The molecule has 0 aliphatic rings. The highest BCUT2D eigenvalue weighted by molar-refractivity contribution is 5.53. The quantitative estimate of drug-likeness (QED) is 0.757. The van der Waals surface area contributed by atoms with Gasteiger partial charge in [-0.1, -0.05) is 36.3 Å². The van der Waals surface area contributed by atoms with Gasteiger partial charge in [0.05, 0.1) is 7.11 Å². The van der Waals surface area contributed by atoms with Crippen molar-refractivity contribution in [2.45, 2.75) is 19.9 Å². The van der Waals surface area contributed by atoms with Gasteiger partial charge >= 0.3 is 0 Å². The van der Waals surface area contributed by atoms with E-state index >= 15 is 0 Å². The van der Waals surface area contributed by atoms with Crippen molar-refractivity contribution in [3.05, 3.63) is 60.2 Å². The molecule has 0 N–H and O–H groups in total. The lowest BCUT2D eigenvalue weighted by Crippen LogP contribution is -2.27. The van der Waals surface area contributed by atoms with Crippen LogP contribution in [0.1, 0.15) is 25.5 Å². The minimum Gasteiger partial charge on any atom is -0.497 e. The van der Waals surface area contributed by atoms with Crippen molar-refractivity contribution >= 4 is 5.69 Å². The minimum absolute atomic E-state index is 0.0644. The molecule has 0 saturated carbocycles.